The van der Waals surface area contributed by atoms with Crippen LogP contribution in [-0.4, -0.2) is 27.8 Å². The summed E-state index contributed by atoms with van der Waals surface area (Å²) in [5.74, 6) is -1.98. The second kappa shape index (κ2) is 5.55. The Bertz CT molecular complexity index is 637. The molecule has 0 aliphatic carbocycles. The summed E-state index contributed by atoms with van der Waals surface area (Å²) < 4.78 is 51.7. The van der Waals surface area contributed by atoms with E-state index in [9.17, 15) is 22.4 Å². The fraction of sp³-hybridized carbons (Fsp3) is 0.231. The van der Waals surface area contributed by atoms with Crippen molar-refractivity contribution in [2.75, 3.05) is 7.05 Å². The molecule has 0 saturated heterocycles. The minimum atomic E-state index is -4.85. The first-order valence-electron chi connectivity index (χ1n) is 5.90. The molecule has 21 heavy (non-hydrogen) atoms. The molecule has 0 atom stereocenters. The van der Waals surface area contributed by atoms with Gasteiger partial charge in [-0.3, -0.25) is 4.79 Å². The molecular weight excluding hydrogens is 290 g/mol. The topological polar surface area (TPSA) is 49.0 Å². The number of imidazole rings is 1. The number of alkyl halides is 3. The molecule has 0 spiro atoms. The number of halogens is 4. The number of H-pyrrole nitrogens is 1. The van der Waals surface area contributed by atoms with E-state index >= 15 is 0 Å². The fourth-order valence-corrected chi connectivity index (χ4v) is 1.80. The monoisotopic (exact) mass is 301 g/mol. The second-order valence-electron chi connectivity index (χ2n) is 4.36. The lowest BCUT2D eigenvalue weighted by Crippen LogP contribution is -2.28. The molecule has 1 aromatic carbocycles. The Balaban J connectivity index is 2.27. The summed E-state index contributed by atoms with van der Waals surface area (Å²) in [6, 6.07) is 2.62. The van der Waals surface area contributed by atoms with Gasteiger partial charge in [-0.25, -0.2) is 9.37 Å². The molecule has 1 heterocycles. The standard InChI is InChI=1S/C13H11F4N3O/c1-20(7-10-18-5-6-19-10)12(21)8-3-2-4-9(11(8)14)13(15,16)17/h2-6H,7H2,1H3,(H,18,19). The molecule has 1 N–H and O–H groups in total. The summed E-state index contributed by atoms with van der Waals surface area (Å²) in [6.45, 7) is 0.0293. The van der Waals surface area contributed by atoms with Crippen LogP contribution < -0.4 is 0 Å². The highest BCUT2D eigenvalue weighted by atomic mass is 19.4. The number of carbonyl (C=O) groups excluding carboxylic acids is 1. The number of aromatic nitrogens is 2. The van der Waals surface area contributed by atoms with Crippen molar-refractivity contribution < 1.29 is 22.4 Å². The van der Waals surface area contributed by atoms with E-state index in [1.165, 1.54) is 13.2 Å². The molecule has 0 unspecified atom stereocenters. The van der Waals surface area contributed by atoms with Crippen molar-refractivity contribution in [2.45, 2.75) is 12.7 Å². The Morgan fingerprint density at radius 1 is 1.38 bits per heavy atom. The molecule has 0 bridgehead atoms. The maximum absolute atomic E-state index is 13.9. The molecule has 0 radical (unpaired) electrons. The van der Waals surface area contributed by atoms with Crippen molar-refractivity contribution in [3.63, 3.8) is 0 Å². The summed E-state index contributed by atoms with van der Waals surface area (Å²) >= 11 is 0. The molecule has 0 aliphatic heterocycles. The molecule has 2 aromatic rings. The SMILES string of the molecule is CN(Cc1ncc[nH]1)C(=O)c1cccc(C(F)(F)F)c1F. The number of carbonyl (C=O) groups is 1. The van der Waals surface area contributed by atoms with Gasteiger partial charge in [0.15, 0.2) is 0 Å². The van der Waals surface area contributed by atoms with Crippen molar-refractivity contribution in [1.82, 2.24) is 14.9 Å². The van der Waals surface area contributed by atoms with Crippen molar-refractivity contribution in [1.29, 1.82) is 0 Å². The molecule has 4 nitrogen and oxygen atoms in total. The van der Waals surface area contributed by atoms with E-state index in [1.54, 1.807) is 6.20 Å². The third kappa shape index (κ3) is 3.21. The molecule has 8 heteroatoms. The largest absolute Gasteiger partial charge is 0.419 e. The average molecular weight is 301 g/mol. The van der Waals surface area contributed by atoms with Gasteiger partial charge in [-0.1, -0.05) is 6.07 Å². The summed E-state index contributed by atoms with van der Waals surface area (Å²) in [5, 5.41) is 0. The summed E-state index contributed by atoms with van der Waals surface area (Å²) in [6.07, 6.45) is -1.84. The fourth-order valence-electron chi connectivity index (χ4n) is 1.80. The van der Waals surface area contributed by atoms with Crippen LogP contribution in [0.2, 0.25) is 0 Å². The Hall–Kier alpha value is -2.38. The molecule has 112 valence electrons. The first kappa shape index (κ1) is 15.0. The van der Waals surface area contributed by atoms with E-state index in [0.29, 0.717) is 11.9 Å². The highest BCUT2D eigenvalue weighted by Crippen LogP contribution is 2.32. The minimum Gasteiger partial charge on any atom is -0.347 e. The number of rotatable bonds is 3. The quantitative estimate of drug-likeness (QED) is 0.886. The van der Waals surface area contributed by atoms with Crippen LogP contribution in [0.1, 0.15) is 21.7 Å². The first-order valence-corrected chi connectivity index (χ1v) is 5.90. The number of benzene rings is 1. The number of aromatic amines is 1. The van der Waals surface area contributed by atoms with E-state index in [0.717, 1.165) is 17.0 Å². The lowest BCUT2D eigenvalue weighted by molar-refractivity contribution is -0.140. The highest BCUT2D eigenvalue weighted by Gasteiger charge is 2.36. The predicted octanol–water partition coefficient (Wildman–Crippen LogP) is 2.84. The normalized spacial score (nSPS) is 11.5. The molecule has 0 aliphatic rings. The van der Waals surface area contributed by atoms with Gasteiger partial charge in [-0.2, -0.15) is 13.2 Å². The van der Waals surface area contributed by atoms with Crippen LogP contribution in [0, 0.1) is 5.82 Å². The Morgan fingerprint density at radius 2 is 2.10 bits per heavy atom. The Labute approximate surface area is 117 Å². The average Bonchev–Trinajstić information content (AvgIpc) is 2.89. The molecule has 1 aromatic heterocycles. The van der Waals surface area contributed by atoms with Crippen LogP contribution >= 0.6 is 0 Å². The zero-order valence-electron chi connectivity index (χ0n) is 10.9. The molecule has 0 saturated carbocycles. The third-order valence-corrected chi connectivity index (χ3v) is 2.82. The van der Waals surface area contributed by atoms with Crippen molar-refractivity contribution in [3.05, 3.63) is 53.4 Å². The number of hydrogen-bond donors (Lipinski definition) is 1. The van der Waals surface area contributed by atoms with E-state index in [4.69, 9.17) is 0 Å². The van der Waals surface area contributed by atoms with Crippen LogP contribution in [0.5, 0.6) is 0 Å². The molecule has 2 rings (SSSR count). The smallest absolute Gasteiger partial charge is 0.347 e. The van der Waals surface area contributed by atoms with Crippen molar-refractivity contribution in [2.24, 2.45) is 0 Å². The highest BCUT2D eigenvalue weighted by molar-refractivity contribution is 5.94. The van der Waals surface area contributed by atoms with E-state index < -0.39 is 29.0 Å². The lowest BCUT2D eigenvalue weighted by Gasteiger charge is -2.17. The van der Waals surface area contributed by atoms with E-state index in [1.807, 2.05) is 0 Å². The minimum absolute atomic E-state index is 0.0293. The molecule has 1 amide bonds. The third-order valence-electron chi connectivity index (χ3n) is 2.82. The van der Waals surface area contributed by atoms with Gasteiger partial charge in [0.2, 0.25) is 0 Å². The Morgan fingerprint density at radius 3 is 2.67 bits per heavy atom. The van der Waals surface area contributed by atoms with Crippen LogP contribution in [-0.2, 0) is 12.7 Å². The van der Waals surface area contributed by atoms with Gasteiger partial charge in [-0.15, -0.1) is 0 Å². The predicted molar refractivity (Wildman–Crippen MR) is 65.8 cm³/mol. The number of hydrogen-bond acceptors (Lipinski definition) is 2. The van der Waals surface area contributed by atoms with Crippen LogP contribution in [0.25, 0.3) is 0 Å². The molecular formula is C13H11F4N3O. The van der Waals surface area contributed by atoms with Gasteiger partial charge in [0.05, 0.1) is 17.7 Å². The van der Waals surface area contributed by atoms with Crippen LogP contribution in [0.3, 0.4) is 0 Å². The van der Waals surface area contributed by atoms with Gasteiger partial charge in [0, 0.05) is 19.4 Å². The first-order chi connectivity index (χ1) is 9.80. The van der Waals surface area contributed by atoms with Gasteiger partial charge < -0.3 is 9.88 Å². The van der Waals surface area contributed by atoms with Gasteiger partial charge in [0.1, 0.15) is 11.6 Å². The van der Waals surface area contributed by atoms with Gasteiger partial charge >= 0.3 is 6.18 Å². The molecule has 0 fully saturated rings. The van der Waals surface area contributed by atoms with Crippen LogP contribution in [0.4, 0.5) is 17.6 Å². The summed E-state index contributed by atoms with van der Waals surface area (Å²) in [5.41, 5.74) is -2.08. The summed E-state index contributed by atoms with van der Waals surface area (Å²) in [7, 11) is 1.35. The number of nitrogens with zero attached hydrogens (tertiary/aromatic N) is 2. The number of nitrogens with one attached hydrogen (secondary N) is 1. The maximum Gasteiger partial charge on any atom is 0.419 e. The maximum atomic E-state index is 13.9. The summed E-state index contributed by atoms with van der Waals surface area (Å²) in [4.78, 5) is 19.8. The van der Waals surface area contributed by atoms with E-state index in [2.05, 4.69) is 9.97 Å². The Kier molecular flexibility index (Phi) is 3.97. The van der Waals surface area contributed by atoms with Gasteiger partial charge in [0.25, 0.3) is 5.91 Å². The van der Waals surface area contributed by atoms with E-state index in [-0.39, 0.29) is 6.54 Å². The zero-order chi connectivity index (χ0) is 15.6. The zero-order valence-corrected chi connectivity index (χ0v) is 10.9. The lowest BCUT2D eigenvalue weighted by atomic mass is 10.1. The second-order valence-corrected chi connectivity index (χ2v) is 4.36. The van der Waals surface area contributed by atoms with Gasteiger partial charge in [-0.05, 0) is 12.1 Å². The van der Waals surface area contributed by atoms with Crippen molar-refractivity contribution >= 4 is 5.91 Å². The van der Waals surface area contributed by atoms with Crippen LogP contribution in [0.15, 0.2) is 30.6 Å². The van der Waals surface area contributed by atoms with Crippen molar-refractivity contribution in [3.8, 4) is 0 Å². The number of amides is 1.